The van der Waals surface area contributed by atoms with Crippen LogP contribution in [-0.4, -0.2) is 31.3 Å². The van der Waals surface area contributed by atoms with E-state index in [2.05, 4.69) is 10.3 Å². The Labute approximate surface area is 104 Å². The van der Waals surface area contributed by atoms with Crippen LogP contribution in [0.3, 0.4) is 0 Å². The number of ether oxygens (including phenoxy) is 1. The van der Waals surface area contributed by atoms with Crippen LogP contribution in [0.1, 0.15) is 51.4 Å². The van der Waals surface area contributed by atoms with Crippen molar-refractivity contribution in [2.45, 2.75) is 63.5 Å². The minimum absolute atomic E-state index is 0.287. The second-order valence-corrected chi connectivity index (χ2v) is 5.19. The molecule has 1 atom stereocenters. The highest BCUT2D eigenvalue weighted by molar-refractivity contribution is 5.78. The minimum atomic E-state index is 0.287. The third kappa shape index (κ3) is 4.54. The topological polar surface area (TPSA) is 59.6 Å². The molecule has 0 aromatic rings. The van der Waals surface area contributed by atoms with Gasteiger partial charge in [-0.15, -0.1) is 0 Å². The molecule has 1 heterocycles. The van der Waals surface area contributed by atoms with Crippen LogP contribution in [0, 0.1) is 0 Å². The number of nitrogens with one attached hydrogen (secondary N) is 1. The van der Waals surface area contributed by atoms with Gasteiger partial charge >= 0.3 is 0 Å². The molecule has 1 unspecified atom stereocenters. The third-order valence-electron chi connectivity index (χ3n) is 3.70. The molecule has 1 saturated carbocycles. The van der Waals surface area contributed by atoms with E-state index in [-0.39, 0.29) is 6.10 Å². The van der Waals surface area contributed by atoms with Crippen LogP contribution >= 0.6 is 0 Å². The largest absolute Gasteiger partial charge is 0.376 e. The lowest BCUT2D eigenvalue weighted by atomic mass is 9.96. The summed E-state index contributed by atoms with van der Waals surface area (Å²) in [5.41, 5.74) is 5.91. The second kappa shape index (κ2) is 6.84. The van der Waals surface area contributed by atoms with Gasteiger partial charge in [0.15, 0.2) is 5.96 Å². The monoisotopic (exact) mass is 239 g/mol. The van der Waals surface area contributed by atoms with Crippen molar-refractivity contribution in [1.29, 1.82) is 0 Å². The lowest BCUT2D eigenvalue weighted by Crippen LogP contribution is -2.41. The van der Waals surface area contributed by atoms with E-state index in [1.165, 1.54) is 44.9 Å². The zero-order valence-electron chi connectivity index (χ0n) is 10.7. The van der Waals surface area contributed by atoms with Gasteiger partial charge in [0.05, 0.1) is 12.6 Å². The average Bonchev–Trinajstić information content (AvgIpc) is 2.39. The number of rotatable bonds is 3. The summed E-state index contributed by atoms with van der Waals surface area (Å²) in [5, 5.41) is 3.33. The van der Waals surface area contributed by atoms with Crippen molar-refractivity contribution >= 4 is 5.96 Å². The summed E-state index contributed by atoms with van der Waals surface area (Å²) in [6.07, 6.45) is 10.3. The predicted molar refractivity (Wildman–Crippen MR) is 70.1 cm³/mol. The van der Waals surface area contributed by atoms with Gasteiger partial charge in [-0.2, -0.15) is 0 Å². The molecule has 4 heteroatoms. The number of aliphatic imine (C=N–C) groups is 1. The first-order valence-electron chi connectivity index (χ1n) is 7.02. The summed E-state index contributed by atoms with van der Waals surface area (Å²) < 4.78 is 5.63. The summed E-state index contributed by atoms with van der Waals surface area (Å²) in [4.78, 5) is 4.40. The Morgan fingerprint density at radius 1 is 1.12 bits per heavy atom. The van der Waals surface area contributed by atoms with E-state index in [0.29, 0.717) is 18.5 Å². The van der Waals surface area contributed by atoms with Crippen molar-refractivity contribution in [3.8, 4) is 0 Å². The van der Waals surface area contributed by atoms with Gasteiger partial charge in [0.1, 0.15) is 0 Å². The number of nitrogens with zero attached hydrogens (tertiary/aromatic N) is 1. The molecule has 0 aromatic heterocycles. The summed E-state index contributed by atoms with van der Waals surface area (Å²) in [7, 11) is 0. The highest BCUT2D eigenvalue weighted by Crippen LogP contribution is 2.17. The molecule has 1 aliphatic carbocycles. The molecule has 0 aromatic carbocycles. The van der Waals surface area contributed by atoms with Crippen LogP contribution in [0.25, 0.3) is 0 Å². The van der Waals surface area contributed by atoms with Crippen LogP contribution in [0.4, 0.5) is 0 Å². The predicted octanol–water partition coefficient (Wildman–Crippen LogP) is 1.79. The van der Waals surface area contributed by atoms with Crippen molar-refractivity contribution in [2.75, 3.05) is 13.2 Å². The number of hydrogen-bond acceptors (Lipinski definition) is 2. The first-order chi connectivity index (χ1) is 8.34. The highest BCUT2D eigenvalue weighted by atomic mass is 16.5. The maximum absolute atomic E-state index is 5.91. The zero-order chi connectivity index (χ0) is 11.9. The van der Waals surface area contributed by atoms with Gasteiger partial charge in [-0.05, 0) is 32.1 Å². The summed E-state index contributed by atoms with van der Waals surface area (Å²) in [5.74, 6) is 0.603. The first-order valence-corrected chi connectivity index (χ1v) is 7.02. The summed E-state index contributed by atoms with van der Waals surface area (Å²) >= 11 is 0. The molecular formula is C13H25N3O. The molecule has 1 saturated heterocycles. The van der Waals surface area contributed by atoms with Crippen LogP contribution in [0.2, 0.25) is 0 Å². The summed E-state index contributed by atoms with van der Waals surface area (Å²) in [6, 6.07) is 0.541. The highest BCUT2D eigenvalue weighted by Gasteiger charge is 2.15. The van der Waals surface area contributed by atoms with E-state index < -0.39 is 0 Å². The molecule has 1 aliphatic heterocycles. The van der Waals surface area contributed by atoms with Gasteiger partial charge in [-0.3, -0.25) is 4.99 Å². The molecule has 2 rings (SSSR count). The smallest absolute Gasteiger partial charge is 0.188 e. The molecular weight excluding hydrogens is 214 g/mol. The standard InChI is InChI=1S/C13H25N3O/c14-13(16-11-6-2-1-3-7-11)15-10-12-8-4-5-9-17-12/h11-12H,1-10H2,(H3,14,15,16). The molecule has 2 aliphatic rings. The summed E-state index contributed by atoms with van der Waals surface area (Å²) in [6.45, 7) is 1.60. The fourth-order valence-corrected chi connectivity index (χ4v) is 2.65. The van der Waals surface area contributed by atoms with E-state index in [1.807, 2.05) is 0 Å². The van der Waals surface area contributed by atoms with E-state index in [0.717, 1.165) is 13.0 Å². The van der Waals surface area contributed by atoms with E-state index in [9.17, 15) is 0 Å². The SMILES string of the molecule is NC(=NCC1CCCCO1)NC1CCCCC1. The molecule has 0 radical (unpaired) electrons. The molecule has 98 valence electrons. The Bertz CT molecular complexity index is 243. The molecule has 4 nitrogen and oxygen atoms in total. The molecule has 0 amide bonds. The van der Waals surface area contributed by atoms with E-state index >= 15 is 0 Å². The number of guanidine groups is 1. The van der Waals surface area contributed by atoms with Crippen molar-refractivity contribution < 1.29 is 4.74 Å². The van der Waals surface area contributed by atoms with E-state index in [4.69, 9.17) is 10.5 Å². The van der Waals surface area contributed by atoms with E-state index in [1.54, 1.807) is 0 Å². The molecule has 3 N–H and O–H groups in total. The van der Waals surface area contributed by atoms with Gasteiger partial charge in [-0.25, -0.2) is 0 Å². The average molecular weight is 239 g/mol. The minimum Gasteiger partial charge on any atom is -0.376 e. The Morgan fingerprint density at radius 2 is 1.88 bits per heavy atom. The normalized spacial score (nSPS) is 28.0. The van der Waals surface area contributed by atoms with Gasteiger partial charge in [0.25, 0.3) is 0 Å². The second-order valence-electron chi connectivity index (χ2n) is 5.19. The van der Waals surface area contributed by atoms with Crippen molar-refractivity contribution in [3.05, 3.63) is 0 Å². The molecule has 0 spiro atoms. The first kappa shape index (κ1) is 12.7. The molecule has 0 bridgehead atoms. The maximum Gasteiger partial charge on any atom is 0.188 e. The maximum atomic E-state index is 5.91. The third-order valence-corrected chi connectivity index (χ3v) is 3.70. The van der Waals surface area contributed by atoms with Gasteiger partial charge in [-0.1, -0.05) is 19.3 Å². The fraction of sp³-hybridized carbons (Fsp3) is 0.923. The fourth-order valence-electron chi connectivity index (χ4n) is 2.65. The van der Waals surface area contributed by atoms with Crippen LogP contribution in [0.15, 0.2) is 4.99 Å². The van der Waals surface area contributed by atoms with Gasteiger partial charge < -0.3 is 15.8 Å². The lowest BCUT2D eigenvalue weighted by molar-refractivity contribution is 0.0224. The Kier molecular flexibility index (Phi) is 5.10. The van der Waals surface area contributed by atoms with Crippen molar-refractivity contribution in [2.24, 2.45) is 10.7 Å². The molecule has 2 fully saturated rings. The van der Waals surface area contributed by atoms with Crippen LogP contribution in [-0.2, 0) is 4.74 Å². The van der Waals surface area contributed by atoms with Crippen molar-refractivity contribution in [3.63, 3.8) is 0 Å². The number of nitrogens with two attached hydrogens (primary N) is 1. The van der Waals surface area contributed by atoms with Crippen LogP contribution < -0.4 is 11.1 Å². The Hall–Kier alpha value is -0.770. The zero-order valence-corrected chi connectivity index (χ0v) is 10.7. The Balaban J connectivity index is 1.68. The van der Waals surface area contributed by atoms with Gasteiger partial charge in [0, 0.05) is 12.6 Å². The van der Waals surface area contributed by atoms with Crippen LogP contribution in [0.5, 0.6) is 0 Å². The quantitative estimate of drug-likeness (QED) is 0.583. The lowest BCUT2D eigenvalue weighted by Gasteiger charge is -2.24. The van der Waals surface area contributed by atoms with Crippen molar-refractivity contribution in [1.82, 2.24) is 5.32 Å². The number of hydrogen-bond donors (Lipinski definition) is 2. The Morgan fingerprint density at radius 3 is 2.59 bits per heavy atom. The van der Waals surface area contributed by atoms with Gasteiger partial charge in [0.2, 0.25) is 0 Å². The molecule has 17 heavy (non-hydrogen) atoms.